The predicted molar refractivity (Wildman–Crippen MR) is 90.8 cm³/mol. The minimum atomic E-state index is 0.756. The third kappa shape index (κ3) is 3.69. The van der Waals surface area contributed by atoms with Crippen LogP contribution in [-0.2, 0) is 0 Å². The van der Waals surface area contributed by atoms with Crippen LogP contribution in [0.25, 0.3) is 0 Å². The summed E-state index contributed by atoms with van der Waals surface area (Å²) in [6, 6.07) is 9.68. The summed E-state index contributed by atoms with van der Waals surface area (Å²) in [5.74, 6) is 3.26. The first-order valence-electron chi connectivity index (χ1n) is 9.04. The first-order valence-corrected chi connectivity index (χ1v) is 9.04. The molecule has 0 saturated heterocycles. The van der Waals surface area contributed by atoms with Gasteiger partial charge in [0.2, 0.25) is 0 Å². The summed E-state index contributed by atoms with van der Waals surface area (Å²) in [4.78, 5) is 0. The maximum atomic E-state index is 3.67. The van der Waals surface area contributed by atoms with Crippen molar-refractivity contribution in [2.75, 3.05) is 13.1 Å². The fourth-order valence-electron chi connectivity index (χ4n) is 4.03. The Hall–Kier alpha value is -0.820. The molecule has 0 aromatic heterocycles. The lowest BCUT2D eigenvalue weighted by atomic mass is 9.79. The lowest BCUT2D eigenvalue weighted by Gasteiger charge is -2.27. The van der Waals surface area contributed by atoms with Crippen LogP contribution >= 0.6 is 0 Å². The van der Waals surface area contributed by atoms with Crippen LogP contribution in [0.15, 0.2) is 24.3 Å². The molecule has 0 spiro atoms. The van der Waals surface area contributed by atoms with E-state index in [-0.39, 0.29) is 0 Å². The maximum absolute atomic E-state index is 3.67. The van der Waals surface area contributed by atoms with Gasteiger partial charge in [0.1, 0.15) is 0 Å². The topological polar surface area (TPSA) is 12.0 Å². The lowest BCUT2D eigenvalue weighted by molar-refractivity contribution is 0.417. The van der Waals surface area contributed by atoms with Crippen LogP contribution in [0.4, 0.5) is 0 Å². The van der Waals surface area contributed by atoms with Gasteiger partial charge >= 0.3 is 0 Å². The molecule has 0 bridgehead atoms. The molecule has 0 radical (unpaired) electrons. The van der Waals surface area contributed by atoms with Crippen LogP contribution in [0.1, 0.15) is 75.3 Å². The largest absolute Gasteiger partial charge is 0.316 e. The molecule has 2 fully saturated rings. The number of hydrogen-bond acceptors (Lipinski definition) is 1. The highest BCUT2D eigenvalue weighted by Gasteiger charge is 2.28. The highest BCUT2D eigenvalue weighted by molar-refractivity contribution is 5.29. The normalized spacial score (nSPS) is 26.2. The molecule has 0 aliphatic heterocycles. The molecule has 1 nitrogen and oxygen atoms in total. The smallest absolute Gasteiger partial charge is 0.00146 e. The number of hydrogen-bond donors (Lipinski definition) is 1. The molecule has 3 rings (SSSR count). The zero-order valence-electron chi connectivity index (χ0n) is 13.8. The third-order valence-electron chi connectivity index (χ3n) is 5.56. The van der Waals surface area contributed by atoms with E-state index in [0.29, 0.717) is 0 Å². The standard InChI is InChI=1S/C20H31N/c1-15(2)13-21-14-19-7-4-8-20(19)18-11-9-17(10-12-18)16-5-3-6-16/h9-12,15-16,19-21H,3-8,13-14H2,1-2H3. The zero-order valence-corrected chi connectivity index (χ0v) is 13.8. The summed E-state index contributed by atoms with van der Waals surface area (Å²) in [6.07, 6.45) is 8.44. The number of benzene rings is 1. The van der Waals surface area contributed by atoms with E-state index in [1.165, 1.54) is 45.1 Å². The molecule has 1 heteroatoms. The summed E-state index contributed by atoms with van der Waals surface area (Å²) in [5.41, 5.74) is 3.17. The minimum absolute atomic E-state index is 0.756. The molecular weight excluding hydrogens is 254 g/mol. The summed E-state index contributed by atoms with van der Waals surface area (Å²) in [6.45, 7) is 6.94. The second-order valence-corrected chi connectivity index (χ2v) is 7.64. The van der Waals surface area contributed by atoms with Crippen molar-refractivity contribution in [3.05, 3.63) is 35.4 Å². The average Bonchev–Trinajstić information content (AvgIpc) is 2.86. The van der Waals surface area contributed by atoms with Gasteiger partial charge in [-0.3, -0.25) is 0 Å². The van der Waals surface area contributed by atoms with Gasteiger partial charge in [-0.2, -0.15) is 0 Å². The van der Waals surface area contributed by atoms with Gasteiger partial charge < -0.3 is 5.32 Å². The Balaban J connectivity index is 1.58. The quantitative estimate of drug-likeness (QED) is 0.768. The summed E-state index contributed by atoms with van der Waals surface area (Å²) in [5, 5.41) is 3.67. The molecule has 21 heavy (non-hydrogen) atoms. The first kappa shape index (κ1) is 15.1. The molecule has 116 valence electrons. The summed E-state index contributed by atoms with van der Waals surface area (Å²) >= 11 is 0. The van der Waals surface area contributed by atoms with Crippen LogP contribution in [0.5, 0.6) is 0 Å². The van der Waals surface area contributed by atoms with Crippen molar-refractivity contribution < 1.29 is 0 Å². The van der Waals surface area contributed by atoms with Gasteiger partial charge in [0.15, 0.2) is 0 Å². The van der Waals surface area contributed by atoms with Gasteiger partial charge in [0.05, 0.1) is 0 Å². The van der Waals surface area contributed by atoms with Gasteiger partial charge in [-0.25, -0.2) is 0 Å². The van der Waals surface area contributed by atoms with E-state index in [1.807, 2.05) is 0 Å². The van der Waals surface area contributed by atoms with Crippen molar-refractivity contribution in [1.29, 1.82) is 0 Å². The van der Waals surface area contributed by atoms with E-state index >= 15 is 0 Å². The minimum Gasteiger partial charge on any atom is -0.316 e. The molecule has 2 unspecified atom stereocenters. The Bertz CT molecular complexity index is 430. The molecule has 1 aromatic rings. The van der Waals surface area contributed by atoms with Crippen LogP contribution in [0.2, 0.25) is 0 Å². The van der Waals surface area contributed by atoms with Crippen LogP contribution in [-0.4, -0.2) is 13.1 Å². The molecule has 0 amide bonds. The molecule has 2 aliphatic rings. The van der Waals surface area contributed by atoms with Gasteiger partial charge in [-0.15, -0.1) is 0 Å². The Kier molecular flexibility index (Phi) is 5.00. The van der Waals surface area contributed by atoms with Crippen molar-refractivity contribution >= 4 is 0 Å². The molecule has 2 atom stereocenters. The Morgan fingerprint density at radius 1 is 0.952 bits per heavy atom. The molecule has 2 aliphatic carbocycles. The van der Waals surface area contributed by atoms with Crippen molar-refractivity contribution in [3.8, 4) is 0 Å². The van der Waals surface area contributed by atoms with Gasteiger partial charge in [0.25, 0.3) is 0 Å². The van der Waals surface area contributed by atoms with Gasteiger partial charge in [0, 0.05) is 0 Å². The van der Waals surface area contributed by atoms with Crippen LogP contribution in [0.3, 0.4) is 0 Å². The first-order chi connectivity index (χ1) is 10.2. The Morgan fingerprint density at radius 3 is 2.24 bits per heavy atom. The molecule has 0 heterocycles. The van der Waals surface area contributed by atoms with Crippen molar-refractivity contribution in [1.82, 2.24) is 5.32 Å². The van der Waals surface area contributed by atoms with Crippen LogP contribution < -0.4 is 5.32 Å². The lowest BCUT2D eigenvalue weighted by Crippen LogP contribution is -2.27. The van der Waals surface area contributed by atoms with Crippen molar-refractivity contribution in [2.45, 2.75) is 64.2 Å². The van der Waals surface area contributed by atoms with Crippen molar-refractivity contribution in [2.24, 2.45) is 11.8 Å². The second kappa shape index (κ2) is 6.96. The summed E-state index contributed by atoms with van der Waals surface area (Å²) in [7, 11) is 0. The SMILES string of the molecule is CC(C)CNCC1CCCC1c1ccc(C2CCC2)cc1. The maximum Gasteiger partial charge on any atom is -0.00146 e. The average molecular weight is 285 g/mol. The van der Waals surface area contributed by atoms with E-state index < -0.39 is 0 Å². The fraction of sp³-hybridized carbons (Fsp3) is 0.700. The number of nitrogens with one attached hydrogen (secondary N) is 1. The Morgan fingerprint density at radius 2 is 1.62 bits per heavy atom. The predicted octanol–water partition coefficient (Wildman–Crippen LogP) is 5.08. The van der Waals surface area contributed by atoms with E-state index in [2.05, 4.69) is 43.4 Å². The highest BCUT2D eigenvalue weighted by Crippen LogP contribution is 2.41. The molecule has 1 N–H and O–H groups in total. The number of rotatable bonds is 6. The van der Waals surface area contributed by atoms with E-state index in [4.69, 9.17) is 0 Å². The van der Waals surface area contributed by atoms with Crippen molar-refractivity contribution in [3.63, 3.8) is 0 Å². The van der Waals surface area contributed by atoms with Gasteiger partial charge in [-0.1, -0.05) is 51.0 Å². The van der Waals surface area contributed by atoms with E-state index in [0.717, 1.165) is 30.2 Å². The van der Waals surface area contributed by atoms with Crippen LogP contribution in [0, 0.1) is 11.8 Å². The molecular formula is C20H31N. The molecule has 2 saturated carbocycles. The summed E-state index contributed by atoms with van der Waals surface area (Å²) < 4.78 is 0. The van der Waals surface area contributed by atoms with E-state index in [1.54, 1.807) is 11.1 Å². The second-order valence-electron chi connectivity index (χ2n) is 7.64. The fourth-order valence-corrected chi connectivity index (χ4v) is 4.03. The monoisotopic (exact) mass is 285 g/mol. The van der Waals surface area contributed by atoms with E-state index in [9.17, 15) is 0 Å². The zero-order chi connectivity index (χ0) is 14.7. The Labute approximate surface area is 130 Å². The third-order valence-corrected chi connectivity index (χ3v) is 5.56. The highest BCUT2D eigenvalue weighted by atomic mass is 14.9. The molecule has 1 aromatic carbocycles. The van der Waals surface area contributed by atoms with Gasteiger partial charge in [-0.05, 0) is 73.6 Å².